The van der Waals surface area contributed by atoms with Crippen molar-refractivity contribution < 1.29 is 9.90 Å². The third-order valence-corrected chi connectivity index (χ3v) is 4.18. The zero-order chi connectivity index (χ0) is 13.4. The highest BCUT2D eigenvalue weighted by Gasteiger charge is 2.12. The van der Waals surface area contributed by atoms with Crippen LogP contribution in [0.5, 0.6) is 0 Å². The van der Waals surface area contributed by atoms with Crippen molar-refractivity contribution in [3.8, 4) is 11.1 Å². The third-order valence-electron chi connectivity index (χ3n) is 3.24. The van der Waals surface area contributed by atoms with Gasteiger partial charge < -0.3 is 5.11 Å². The molecule has 3 rings (SSSR count). The normalized spacial score (nSPS) is 10.8. The van der Waals surface area contributed by atoms with Gasteiger partial charge in [-0.1, -0.05) is 30.3 Å². The van der Waals surface area contributed by atoms with E-state index in [4.69, 9.17) is 5.11 Å². The first-order valence-electron chi connectivity index (χ1n) is 5.97. The fourth-order valence-corrected chi connectivity index (χ4v) is 3.24. The SMILES string of the molecule is Cc1cc2c(-c3ccccc3)csc2cc1C(=O)O. The Kier molecular flexibility index (Phi) is 2.84. The molecule has 2 aromatic carbocycles. The van der Waals surface area contributed by atoms with Gasteiger partial charge in [-0.05, 0) is 35.6 Å². The lowest BCUT2D eigenvalue weighted by atomic mass is 10.0. The first kappa shape index (κ1) is 11.9. The summed E-state index contributed by atoms with van der Waals surface area (Å²) in [6, 6.07) is 13.9. The number of hydrogen-bond donors (Lipinski definition) is 1. The Morgan fingerprint density at radius 2 is 1.89 bits per heavy atom. The minimum absolute atomic E-state index is 0.383. The van der Waals surface area contributed by atoms with Crippen molar-refractivity contribution in [1.82, 2.24) is 0 Å². The summed E-state index contributed by atoms with van der Waals surface area (Å²) in [5.74, 6) is -0.867. The van der Waals surface area contributed by atoms with Gasteiger partial charge in [-0.2, -0.15) is 0 Å². The zero-order valence-electron chi connectivity index (χ0n) is 10.4. The Balaban J connectivity index is 2.25. The molecule has 0 radical (unpaired) electrons. The minimum atomic E-state index is -0.867. The molecule has 0 atom stereocenters. The standard InChI is InChI=1S/C16H12O2S/c1-10-7-13-14(11-5-3-2-4-6-11)9-19-15(13)8-12(10)16(17)18/h2-9H,1H3,(H,17,18). The molecule has 0 saturated heterocycles. The number of rotatable bonds is 2. The van der Waals surface area contributed by atoms with E-state index in [2.05, 4.69) is 17.5 Å². The lowest BCUT2D eigenvalue weighted by molar-refractivity contribution is 0.0696. The van der Waals surface area contributed by atoms with Crippen molar-refractivity contribution in [2.75, 3.05) is 0 Å². The number of carboxylic acid groups (broad SMARTS) is 1. The molecule has 0 amide bonds. The number of thiophene rings is 1. The average molecular weight is 268 g/mol. The van der Waals surface area contributed by atoms with Gasteiger partial charge in [0.05, 0.1) is 5.56 Å². The number of carboxylic acids is 1. The lowest BCUT2D eigenvalue weighted by Gasteiger charge is -2.03. The Labute approximate surface area is 114 Å². The summed E-state index contributed by atoms with van der Waals surface area (Å²) in [5.41, 5.74) is 3.52. The quantitative estimate of drug-likeness (QED) is 0.739. The van der Waals surface area contributed by atoms with Crippen LogP contribution in [0, 0.1) is 6.92 Å². The summed E-state index contributed by atoms with van der Waals surface area (Å²) in [7, 11) is 0. The number of fused-ring (bicyclic) bond motifs is 1. The first-order chi connectivity index (χ1) is 9.16. The highest BCUT2D eigenvalue weighted by Crippen LogP contribution is 2.35. The van der Waals surface area contributed by atoms with Crippen LogP contribution in [-0.2, 0) is 0 Å². The number of hydrogen-bond acceptors (Lipinski definition) is 2. The molecule has 1 heterocycles. The van der Waals surface area contributed by atoms with E-state index in [0.717, 1.165) is 21.2 Å². The second kappa shape index (κ2) is 4.52. The molecule has 1 aromatic heterocycles. The van der Waals surface area contributed by atoms with E-state index < -0.39 is 5.97 Å². The fourth-order valence-electron chi connectivity index (χ4n) is 2.25. The molecule has 94 valence electrons. The second-order valence-corrected chi connectivity index (χ2v) is 5.40. The summed E-state index contributed by atoms with van der Waals surface area (Å²) < 4.78 is 1.02. The van der Waals surface area contributed by atoms with Gasteiger partial charge in [-0.25, -0.2) is 4.79 Å². The van der Waals surface area contributed by atoms with E-state index in [1.54, 1.807) is 17.4 Å². The number of aryl methyl sites for hydroxylation is 1. The maximum atomic E-state index is 11.1. The van der Waals surface area contributed by atoms with Gasteiger partial charge in [-0.3, -0.25) is 0 Å². The van der Waals surface area contributed by atoms with Crippen LogP contribution in [0.4, 0.5) is 0 Å². The predicted octanol–water partition coefficient (Wildman–Crippen LogP) is 4.57. The van der Waals surface area contributed by atoms with E-state index in [0.29, 0.717) is 5.56 Å². The van der Waals surface area contributed by atoms with Crippen LogP contribution >= 0.6 is 11.3 Å². The van der Waals surface area contributed by atoms with Gasteiger partial charge >= 0.3 is 5.97 Å². The van der Waals surface area contributed by atoms with Gasteiger partial charge in [0.15, 0.2) is 0 Å². The monoisotopic (exact) mass is 268 g/mol. The maximum absolute atomic E-state index is 11.1. The smallest absolute Gasteiger partial charge is 0.336 e. The average Bonchev–Trinajstić information content (AvgIpc) is 2.81. The first-order valence-corrected chi connectivity index (χ1v) is 6.85. The molecule has 3 heteroatoms. The molecule has 3 aromatic rings. The molecule has 0 bridgehead atoms. The largest absolute Gasteiger partial charge is 0.478 e. The number of aromatic carboxylic acids is 1. The molecule has 0 aliphatic rings. The maximum Gasteiger partial charge on any atom is 0.336 e. The summed E-state index contributed by atoms with van der Waals surface area (Å²) >= 11 is 1.59. The van der Waals surface area contributed by atoms with Crippen LogP contribution < -0.4 is 0 Å². The lowest BCUT2D eigenvalue weighted by Crippen LogP contribution is -1.98. The summed E-state index contributed by atoms with van der Waals surface area (Å²) in [6.07, 6.45) is 0. The molecule has 0 aliphatic carbocycles. The second-order valence-electron chi connectivity index (χ2n) is 4.48. The Bertz CT molecular complexity index is 757. The van der Waals surface area contributed by atoms with Crippen molar-refractivity contribution in [1.29, 1.82) is 0 Å². The van der Waals surface area contributed by atoms with Gasteiger partial charge in [-0.15, -0.1) is 11.3 Å². The molecule has 0 aliphatic heterocycles. The van der Waals surface area contributed by atoms with Crippen molar-refractivity contribution >= 4 is 27.4 Å². The van der Waals surface area contributed by atoms with Crippen LogP contribution in [-0.4, -0.2) is 11.1 Å². The summed E-state index contributed by atoms with van der Waals surface area (Å²) in [6.45, 7) is 1.84. The predicted molar refractivity (Wildman–Crippen MR) is 79.0 cm³/mol. The highest BCUT2D eigenvalue weighted by atomic mass is 32.1. The van der Waals surface area contributed by atoms with Gasteiger partial charge in [0.1, 0.15) is 0 Å². The Morgan fingerprint density at radius 3 is 2.58 bits per heavy atom. The molecule has 1 N–H and O–H groups in total. The van der Waals surface area contributed by atoms with Crippen LogP contribution in [0.3, 0.4) is 0 Å². The van der Waals surface area contributed by atoms with Crippen LogP contribution in [0.1, 0.15) is 15.9 Å². The van der Waals surface area contributed by atoms with Crippen molar-refractivity contribution in [2.24, 2.45) is 0 Å². The van der Waals surface area contributed by atoms with Crippen molar-refractivity contribution in [3.05, 3.63) is 59.0 Å². The van der Waals surface area contributed by atoms with E-state index in [1.807, 2.05) is 31.2 Å². The summed E-state index contributed by atoms with van der Waals surface area (Å²) in [4.78, 5) is 11.1. The van der Waals surface area contributed by atoms with E-state index >= 15 is 0 Å². The van der Waals surface area contributed by atoms with Gasteiger partial charge in [0.2, 0.25) is 0 Å². The van der Waals surface area contributed by atoms with Gasteiger partial charge in [0.25, 0.3) is 0 Å². The molecular weight excluding hydrogens is 256 g/mol. The molecule has 2 nitrogen and oxygen atoms in total. The molecule has 0 spiro atoms. The van der Waals surface area contributed by atoms with E-state index in [-0.39, 0.29) is 0 Å². The molecule has 19 heavy (non-hydrogen) atoms. The minimum Gasteiger partial charge on any atom is -0.478 e. The van der Waals surface area contributed by atoms with Crippen LogP contribution in [0.25, 0.3) is 21.2 Å². The van der Waals surface area contributed by atoms with Crippen LogP contribution in [0.15, 0.2) is 47.8 Å². The highest BCUT2D eigenvalue weighted by molar-refractivity contribution is 7.17. The van der Waals surface area contributed by atoms with E-state index in [1.165, 1.54) is 5.56 Å². The van der Waals surface area contributed by atoms with Crippen LogP contribution in [0.2, 0.25) is 0 Å². The van der Waals surface area contributed by atoms with E-state index in [9.17, 15) is 4.79 Å². The topological polar surface area (TPSA) is 37.3 Å². The zero-order valence-corrected chi connectivity index (χ0v) is 11.2. The Morgan fingerprint density at radius 1 is 1.16 bits per heavy atom. The van der Waals surface area contributed by atoms with Gasteiger partial charge in [0, 0.05) is 15.6 Å². The number of carbonyl (C=O) groups is 1. The third kappa shape index (κ3) is 2.02. The Hall–Kier alpha value is -2.13. The molecule has 0 fully saturated rings. The molecule has 0 saturated carbocycles. The van der Waals surface area contributed by atoms with Crippen molar-refractivity contribution in [2.45, 2.75) is 6.92 Å². The molecule has 0 unspecified atom stereocenters. The molecular formula is C16H12O2S. The van der Waals surface area contributed by atoms with Crippen molar-refractivity contribution in [3.63, 3.8) is 0 Å². The number of benzene rings is 2. The summed E-state index contributed by atoms with van der Waals surface area (Å²) in [5, 5.41) is 12.4. The fraction of sp³-hybridized carbons (Fsp3) is 0.0625.